The molecule has 0 atom stereocenters. The number of benzene rings is 1. The standard InChI is InChI=1S/C13H13FN2O2S/c1-2-18-13(17)11-7-10(15)12(19-11)16-9-5-3-8(14)4-6-9/h3-7,16H,2,15H2,1H3. The SMILES string of the molecule is CCOC(=O)c1cc(N)c(Nc2ccc(F)cc2)s1. The monoisotopic (exact) mass is 280 g/mol. The molecule has 1 heterocycles. The van der Waals surface area contributed by atoms with Crippen LogP contribution in [0.3, 0.4) is 0 Å². The molecule has 0 unspecified atom stereocenters. The highest BCUT2D eigenvalue weighted by Gasteiger charge is 2.14. The third-order valence-corrected chi connectivity index (χ3v) is 3.39. The van der Waals surface area contributed by atoms with Crippen LogP contribution in [0.15, 0.2) is 30.3 Å². The van der Waals surface area contributed by atoms with Crippen LogP contribution >= 0.6 is 11.3 Å². The van der Waals surface area contributed by atoms with Gasteiger partial charge in [-0.1, -0.05) is 0 Å². The van der Waals surface area contributed by atoms with Crippen molar-refractivity contribution < 1.29 is 13.9 Å². The molecule has 0 aliphatic carbocycles. The van der Waals surface area contributed by atoms with E-state index in [1.807, 2.05) is 0 Å². The predicted octanol–water partition coefficient (Wildman–Crippen LogP) is 3.39. The molecule has 0 bridgehead atoms. The Morgan fingerprint density at radius 2 is 2.11 bits per heavy atom. The molecule has 0 saturated heterocycles. The Balaban J connectivity index is 2.17. The zero-order valence-electron chi connectivity index (χ0n) is 10.3. The van der Waals surface area contributed by atoms with Crippen molar-refractivity contribution in [3.63, 3.8) is 0 Å². The van der Waals surface area contributed by atoms with Crippen molar-refractivity contribution in [2.45, 2.75) is 6.92 Å². The molecule has 3 N–H and O–H groups in total. The number of ether oxygens (including phenoxy) is 1. The fraction of sp³-hybridized carbons (Fsp3) is 0.154. The van der Waals surface area contributed by atoms with Crippen molar-refractivity contribution >= 4 is 33.7 Å². The van der Waals surface area contributed by atoms with Crippen LogP contribution in [0, 0.1) is 5.82 Å². The second-order valence-electron chi connectivity index (χ2n) is 3.75. The number of halogens is 1. The first-order valence-corrected chi connectivity index (χ1v) is 6.51. The topological polar surface area (TPSA) is 64.3 Å². The summed E-state index contributed by atoms with van der Waals surface area (Å²) in [7, 11) is 0. The average Bonchev–Trinajstić information content (AvgIpc) is 2.74. The lowest BCUT2D eigenvalue weighted by atomic mass is 10.3. The van der Waals surface area contributed by atoms with Crippen molar-refractivity contribution in [1.29, 1.82) is 0 Å². The Morgan fingerprint density at radius 1 is 1.42 bits per heavy atom. The average molecular weight is 280 g/mol. The second-order valence-corrected chi connectivity index (χ2v) is 4.80. The van der Waals surface area contributed by atoms with Crippen molar-refractivity contribution in [2.75, 3.05) is 17.7 Å². The molecule has 2 aromatic rings. The Morgan fingerprint density at radius 3 is 2.74 bits per heavy atom. The maximum absolute atomic E-state index is 12.8. The largest absolute Gasteiger partial charge is 0.462 e. The maximum atomic E-state index is 12.8. The van der Waals surface area contributed by atoms with E-state index < -0.39 is 5.97 Å². The Bertz CT molecular complexity index is 581. The highest BCUT2D eigenvalue weighted by Crippen LogP contribution is 2.33. The molecule has 19 heavy (non-hydrogen) atoms. The molecule has 0 amide bonds. The summed E-state index contributed by atoms with van der Waals surface area (Å²) in [6.45, 7) is 2.06. The van der Waals surface area contributed by atoms with Crippen LogP contribution in [0.4, 0.5) is 20.8 Å². The smallest absolute Gasteiger partial charge is 0.348 e. The van der Waals surface area contributed by atoms with Gasteiger partial charge in [-0.05, 0) is 37.3 Å². The zero-order chi connectivity index (χ0) is 13.8. The number of hydrogen-bond donors (Lipinski definition) is 2. The fourth-order valence-electron chi connectivity index (χ4n) is 1.47. The Hall–Kier alpha value is -2.08. The zero-order valence-corrected chi connectivity index (χ0v) is 11.1. The van der Waals surface area contributed by atoms with Gasteiger partial charge in [-0.15, -0.1) is 11.3 Å². The van der Waals surface area contributed by atoms with E-state index >= 15 is 0 Å². The van der Waals surface area contributed by atoms with Crippen LogP contribution in [0.1, 0.15) is 16.6 Å². The van der Waals surface area contributed by atoms with Crippen LogP contribution in [0.5, 0.6) is 0 Å². The van der Waals surface area contributed by atoms with Gasteiger partial charge in [-0.3, -0.25) is 0 Å². The number of rotatable bonds is 4. The molecule has 1 aromatic heterocycles. The van der Waals surface area contributed by atoms with Crippen LogP contribution in [0.2, 0.25) is 0 Å². The Kier molecular flexibility index (Phi) is 4.01. The minimum Gasteiger partial charge on any atom is -0.462 e. The molecule has 1 aromatic carbocycles. The van der Waals surface area contributed by atoms with Gasteiger partial charge in [0.05, 0.1) is 12.3 Å². The van der Waals surface area contributed by atoms with Crippen molar-refractivity contribution in [2.24, 2.45) is 0 Å². The quantitative estimate of drug-likeness (QED) is 0.843. The number of thiophene rings is 1. The predicted molar refractivity (Wildman–Crippen MR) is 74.4 cm³/mol. The van der Waals surface area contributed by atoms with Crippen molar-refractivity contribution in [1.82, 2.24) is 0 Å². The molecule has 2 rings (SSSR count). The van der Waals surface area contributed by atoms with Gasteiger partial charge in [0.25, 0.3) is 0 Å². The van der Waals surface area contributed by atoms with Gasteiger partial charge in [-0.2, -0.15) is 0 Å². The number of carbonyl (C=O) groups excluding carboxylic acids is 1. The molecule has 0 aliphatic rings. The molecule has 100 valence electrons. The van der Waals surface area contributed by atoms with Crippen LogP contribution in [0.25, 0.3) is 0 Å². The second kappa shape index (κ2) is 5.71. The summed E-state index contributed by atoms with van der Waals surface area (Å²) in [4.78, 5) is 12.0. The van der Waals surface area contributed by atoms with E-state index in [-0.39, 0.29) is 5.82 Å². The summed E-state index contributed by atoms with van der Waals surface area (Å²) in [6, 6.07) is 7.45. The van der Waals surface area contributed by atoms with Crippen LogP contribution < -0.4 is 11.1 Å². The number of nitrogens with two attached hydrogens (primary N) is 1. The van der Waals surface area contributed by atoms with E-state index in [1.165, 1.54) is 23.5 Å². The summed E-state index contributed by atoms with van der Waals surface area (Å²) < 4.78 is 17.7. The van der Waals surface area contributed by atoms with Crippen molar-refractivity contribution in [3.8, 4) is 0 Å². The number of hydrogen-bond acceptors (Lipinski definition) is 5. The summed E-state index contributed by atoms with van der Waals surface area (Å²) in [5, 5.41) is 3.67. The summed E-state index contributed by atoms with van der Waals surface area (Å²) in [6.07, 6.45) is 0. The van der Waals surface area contributed by atoms with E-state index in [0.717, 1.165) is 0 Å². The van der Waals surface area contributed by atoms with Gasteiger partial charge in [0.1, 0.15) is 15.7 Å². The van der Waals surface area contributed by atoms with E-state index in [2.05, 4.69) is 5.32 Å². The summed E-state index contributed by atoms with van der Waals surface area (Å²) in [5.41, 5.74) is 6.97. The minimum absolute atomic E-state index is 0.308. The van der Waals surface area contributed by atoms with E-state index in [4.69, 9.17) is 10.5 Å². The normalized spacial score (nSPS) is 10.2. The highest BCUT2D eigenvalue weighted by molar-refractivity contribution is 7.18. The number of anilines is 3. The maximum Gasteiger partial charge on any atom is 0.348 e. The third-order valence-electron chi connectivity index (χ3n) is 2.34. The Labute approximate surface area is 114 Å². The molecule has 0 saturated carbocycles. The number of nitrogens with one attached hydrogen (secondary N) is 1. The van der Waals surface area contributed by atoms with Gasteiger partial charge >= 0.3 is 5.97 Å². The van der Waals surface area contributed by atoms with Crippen molar-refractivity contribution in [3.05, 3.63) is 41.0 Å². The molecule has 0 aliphatic heterocycles. The van der Waals surface area contributed by atoms with Gasteiger partial charge in [-0.25, -0.2) is 9.18 Å². The van der Waals surface area contributed by atoms with Crippen LogP contribution in [-0.4, -0.2) is 12.6 Å². The first kappa shape index (κ1) is 13.4. The summed E-state index contributed by atoms with van der Waals surface area (Å²) in [5.74, 6) is -0.705. The fourth-order valence-corrected chi connectivity index (χ4v) is 2.36. The number of carbonyl (C=O) groups is 1. The van der Waals surface area contributed by atoms with E-state index in [9.17, 15) is 9.18 Å². The van der Waals surface area contributed by atoms with Gasteiger partial charge in [0.2, 0.25) is 0 Å². The molecule has 0 fully saturated rings. The number of nitrogen functional groups attached to an aromatic ring is 1. The van der Waals surface area contributed by atoms with Gasteiger partial charge < -0.3 is 15.8 Å². The first-order chi connectivity index (χ1) is 9.10. The molecular formula is C13H13FN2O2S. The molecular weight excluding hydrogens is 267 g/mol. The van der Waals surface area contributed by atoms with E-state index in [0.29, 0.717) is 27.9 Å². The molecule has 4 nitrogen and oxygen atoms in total. The molecule has 6 heteroatoms. The molecule has 0 radical (unpaired) electrons. The highest BCUT2D eigenvalue weighted by atomic mass is 32.1. The summed E-state index contributed by atoms with van der Waals surface area (Å²) >= 11 is 1.20. The molecule has 0 spiro atoms. The number of esters is 1. The van der Waals surface area contributed by atoms with Crippen LogP contribution in [-0.2, 0) is 4.74 Å². The van der Waals surface area contributed by atoms with E-state index in [1.54, 1.807) is 25.1 Å². The first-order valence-electron chi connectivity index (χ1n) is 5.69. The van der Waals surface area contributed by atoms with Gasteiger partial charge in [0, 0.05) is 5.69 Å². The lowest BCUT2D eigenvalue weighted by molar-refractivity contribution is 0.0532. The van der Waals surface area contributed by atoms with Gasteiger partial charge in [0.15, 0.2) is 0 Å². The lowest BCUT2D eigenvalue weighted by Crippen LogP contribution is -2.01. The lowest BCUT2D eigenvalue weighted by Gasteiger charge is -2.04. The third kappa shape index (κ3) is 3.23. The minimum atomic E-state index is -0.397.